The van der Waals surface area contributed by atoms with Crippen LogP contribution in [0.25, 0.3) is 0 Å². The SMILES string of the molecule is CC(=O)c1c(O)cc2c(c1C)Cc1c(ccc(C)c1O)C2(C)O. The molecule has 0 fully saturated rings. The lowest BCUT2D eigenvalue weighted by molar-refractivity contribution is 0.0959. The second-order valence-corrected chi connectivity index (χ2v) is 6.48. The summed E-state index contributed by atoms with van der Waals surface area (Å²) in [6.45, 7) is 6.63. The first-order valence-corrected chi connectivity index (χ1v) is 7.57. The number of benzene rings is 2. The van der Waals surface area contributed by atoms with Crippen LogP contribution in [0, 0.1) is 13.8 Å². The van der Waals surface area contributed by atoms with Crippen LogP contribution < -0.4 is 0 Å². The summed E-state index contributed by atoms with van der Waals surface area (Å²) >= 11 is 0. The van der Waals surface area contributed by atoms with Crippen molar-refractivity contribution in [3.8, 4) is 11.5 Å². The van der Waals surface area contributed by atoms with Crippen molar-refractivity contribution in [2.24, 2.45) is 0 Å². The Morgan fingerprint density at radius 2 is 1.78 bits per heavy atom. The van der Waals surface area contributed by atoms with Gasteiger partial charge in [-0.05, 0) is 61.6 Å². The third-order valence-corrected chi connectivity index (χ3v) is 4.93. The number of rotatable bonds is 1. The maximum absolute atomic E-state index is 11.8. The van der Waals surface area contributed by atoms with Gasteiger partial charge in [0, 0.05) is 12.0 Å². The van der Waals surface area contributed by atoms with Crippen LogP contribution in [0.2, 0.25) is 0 Å². The number of ketones is 1. The van der Waals surface area contributed by atoms with E-state index in [4.69, 9.17) is 0 Å². The number of Topliss-reactive ketones (excluding diaryl/α,β-unsaturated/α-hetero) is 1. The van der Waals surface area contributed by atoms with Crippen molar-refractivity contribution in [3.63, 3.8) is 0 Å². The topological polar surface area (TPSA) is 77.8 Å². The van der Waals surface area contributed by atoms with Gasteiger partial charge in [-0.15, -0.1) is 0 Å². The molecule has 0 saturated heterocycles. The number of hydrogen-bond donors (Lipinski definition) is 3. The average Bonchev–Trinajstić information content (AvgIpc) is 2.44. The van der Waals surface area contributed by atoms with E-state index < -0.39 is 5.60 Å². The van der Waals surface area contributed by atoms with Gasteiger partial charge in [0.05, 0.1) is 5.56 Å². The zero-order chi connectivity index (χ0) is 17.1. The smallest absolute Gasteiger partial charge is 0.163 e. The zero-order valence-electron chi connectivity index (χ0n) is 13.7. The van der Waals surface area contributed by atoms with Crippen molar-refractivity contribution in [1.82, 2.24) is 0 Å². The Morgan fingerprint density at radius 1 is 1.13 bits per heavy atom. The van der Waals surface area contributed by atoms with Crippen LogP contribution in [0.15, 0.2) is 18.2 Å². The third kappa shape index (κ3) is 2.05. The van der Waals surface area contributed by atoms with Crippen LogP contribution in [0.5, 0.6) is 11.5 Å². The van der Waals surface area contributed by atoms with E-state index in [0.717, 1.165) is 11.1 Å². The Bertz CT molecular complexity index is 847. The first kappa shape index (κ1) is 15.6. The fraction of sp³-hybridized carbons (Fsp3) is 0.316. The summed E-state index contributed by atoms with van der Waals surface area (Å²) in [4.78, 5) is 11.8. The van der Waals surface area contributed by atoms with Gasteiger partial charge in [-0.3, -0.25) is 4.79 Å². The van der Waals surface area contributed by atoms with Gasteiger partial charge in [0.15, 0.2) is 5.78 Å². The van der Waals surface area contributed by atoms with Crippen molar-refractivity contribution < 1.29 is 20.1 Å². The van der Waals surface area contributed by atoms with Gasteiger partial charge >= 0.3 is 0 Å². The number of carbonyl (C=O) groups excluding carboxylic acids is 1. The van der Waals surface area contributed by atoms with Gasteiger partial charge in [-0.1, -0.05) is 12.1 Å². The van der Waals surface area contributed by atoms with Gasteiger partial charge in [-0.25, -0.2) is 0 Å². The first-order chi connectivity index (χ1) is 10.7. The van der Waals surface area contributed by atoms with Crippen LogP contribution in [0.1, 0.15) is 57.6 Å². The second-order valence-electron chi connectivity index (χ2n) is 6.48. The molecule has 1 unspecified atom stereocenters. The Morgan fingerprint density at radius 3 is 2.39 bits per heavy atom. The second kappa shape index (κ2) is 4.83. The molecule has 2 aromatic carbocycles. The molecule has 3 N–H and O–H groups in total. The van der Waals surface area contributed by atoms with Crippen molar-refractivity contribution in [1.29, 1.82) is 0 Å². The Hall–Kier alpha value is -2.33. The van der Waals surface area contributed by atoms with E-state index in [0.29, 0.717) is 28.7 Å². The average molecular weight is 312 g/mol. The minimum atomic E-state index is -1.34. The van der Waals surface area contributed by atoms with E-state index in [1.54, 1.807) is 26.0 Å². The van der Waals surface area contributed by atoms with Gasteiger partial charge in [0.2, 0.25) is 0 Å². The highest BCUT2D eigenvalue weighted by Crippen LogP contribution is 2.46. The van der Waals surface area contributed by atoms with Gasteiger partial charge in [0.25, 0.3) is 0 Å². The van der Waals surface area contributed by atoms with Crippen LogP contribution in [0.3, 0.4) is 0 Å². The predicted molar refractivity (Wildman–Crippen MR) is 87.2 cm³/mol. The lowest BCUT2D eigenvalue weighted by atomic mass is 9.72. The highest BCUT2D eigenvalue weighted by atomic mass is 16.3. The van der Waals surface area contributed by atoms with Crippen LogP contribution in [-0.4, -0.2) is 21.1 Å². The highest BCUT2D eigenvalue weighted by Gasteiger charge is 2.38. The van der Waals surface area contributed by atoms with E-state index in [-0.39, 0.29) is 22.8 Å². The molecule has 1 aliphatic rings. The quantitative estimate of drug-likeness (QED) is 0.707. The maximum Gasteiger partial charge on any atom is 0.163 e. The molecule has 0 heterocycles. The summed E-state index contributed by atoms with van der Waals surface area (Å²) < 4.78 is 0. The van der Waals surface area contributed by atoms with E-state index in [9.17, 15) is 20.1 Å². The summed E-state index contributed by atoms with van der Waals surface area (Å²) in [5.74, 6) is -0.166. The summed E-state index contributed by atoms with van der Waals surface area (Å²) in [7, 11) is 0. The number of aromatic hydroxyl groups is 2. The van der Waals surface area contributed by atoms with Crippen LogP contribution >= 0.6 is 0 Å². The first-order valence-electron chi connectivity index (χ1n) is 7.57. The molecule has 0 bridgehead atoms. The van der Waals surface area contributed by atoms with Crippen molar-refractivity contribution in [3.05, 3.63) is 57.1 Å². The van der Waals surface area contributed by atoms with Gasteiger partial charge in [-0.2, -0.15) is 0 Å². The lowest BCUT2D eigenvalue weighted by Gasteiger charge is -2.35. The standard InChI is InChI=1S/C19H20O4/c1-9-5-6-14-13(18(9)22)7-12-10(2)17(11(3)20)16(21)8-15(12)19(14,4)23/h5-6,8,21-23H,7H2,1-4H3. The Labute approximate surface area is 135 Å². The zero-order valence-corrected chi connectivity index (χ0v) is 13.7. The van der Waals surface area contributed by atoms with Crippen molar-refractivity contribution >= 4 is 5.78 Å². The van der Waals surface area contributed by atoms with E-state index in [2.05, 4.69) is 0 Å². The van der Waals surface area contributed by atoms with Gasteiger partial charge < -0.3 is 15.3 Å². The Kier molecular flexibility index (Phi) is 3.27. The molecular formula is C19H20O4. The molecule has 0 radical (unpaired) electrons. The predicted octanol–water partition coefficient (Wildman–Crippen LogP) is 3.08. The van der Waals surface area contributed by atoms with Crippen molar-refractivity contribution in [2.45, 2.75) is 39.7 Å². The molecule has 0 saturated carbocycles. The molecule has 1 aliphatic carbocycles. The van der Waals surface area contributed by atoms with Gasteiger partial charge in [0.1, 0.15) is 17.1 Å². The lowest BCUT2D eigenvalue weighted by Crippen LogP contribution is -2.31. The molecule has 4 nitrogen and oxygen atoms in total. The molecule has 1 atom stereocenters. The monoisotopic (exact) mass is 312 g/mol. The largest absolute Gasteiger partial charge is 0.507 e. The summed E-state index contributed by atoms with van der Waals surface area (Å²) in [5, 5.41) is 31.7. The highest BCUT2D eigenvalue weighted by molar-refractivity contribution is 5.99. The number of phenols is 2. The molecule has 3 rings (SSSR count). The fourth-order valence-electron chi connectivity index (χ4n) is 3.66. The normalized spacial score (nSPS) is 19.2. The number of hydrogen-bond acceptors (Lipinski definition) is 4. The number of carbonyl (C=O) groups is 1. The number of aryl methyl sites for hydroxylation is 1. The van der Waals surface area contributed by atoms with Crippen LogP contribution in [0.4, 0.5) is 0 Å². The number of phenolic OH excluding ortho intramolecular Hbond substituents is 2. The molecule has 0 amide bonds. The number of fused-ring (bicyclic) bond motifs is 2. The number of aliphatic hydroxyl groups is 1. The minimum absolute atomic E-state index is 0.117. The molecule has 2 aromatic rings. The maximum atomic E-state index is 11.8. The summed E-state index contributed by atoms with van der Waals surface area (Å²) in [6.07, 6.45) is 0.417. The van der Waals surface area contributed by atoms with E-state index in [1.807, 2.05) is 6.92 Å². The fourth-order valence-corrected chi connectivity index (χ4v) is 3.66. The molecule has 23 heavy (non-hydrogen) atoms. The third-order valence-electron chi connectivity index (χ3n) is 4.93. The Balaban J connectivity index is 2.36. The summed E-state index contributed by atoms with van der Waals surface area (Å²) in [6, 6.07) is 5.04. The molecular weight excluding hydrogens is 292 g/mol. The van der Waals surface area contributed by atoms with E-state index in [1.165, 1.54) is 13.0 Å². The molecule has 0 aromatic heterocycles. The minimum Gasteiger partial charge on any atom is -0.507 e. The summed E-state index contributed by atoms with van der Waals surface area (Å²) in [5.41, 5.74) is 2.99. The molecule has 120 valence electrons. The van der Waals surface area contributed by atoms with E-state index >= 15 is 0 Å². The molecule has 4 heteroatoms. The van der Waals surface area contributed by atoms with Crippen molar-refractivity contribution in [2.75, 3.05) is 0 Å². The molecule has 0 aliphatic heterocycles. The molecule has 0 spiro atoms. The van der Waals surface area contributed by atoms with Crippen LogP contribution in [-0.2, 0) is 12.0 Å².